The smallest absolute Gasteiger partial charge is 0.295 e. The van der Waals surface area contributed by atoms with Gasteiger partial charge in [-0.3, -0.25) is 9.59 Å². The minimum absolute atomic E-state index is 0.121. The second-order valence-corrected chi connectivity index (χ2v) is 7.89. The number of amides is 1. The van der Waals surface area contributed by atoms with Gasteiger partial charge in [0.15, 0.2) is 0 Å². The van der Waals surface area contributed by atoms with Crippen LogP contribution in [0.4, 0.5) is 0 Å². The summed E-state index contributed by atoms with van der Waals surface area (Å²) in [5, 5.41) is 11.2. The van der Waals surface area contributed by atoms with Crippen LogP contribution in [0.25, 0.3) is 5.76 Å². The number of aliphatic hydroxyl groups is 1. The Morgan fingerprint density at radius 2 is 1.77 bits per heavy atom. The van der Waals surface area contributed by atoms with Gasteiger partial charge < -0.3 is 19.6 Å². The van der Waals surface area contributed by atoms with Crippen LogP contribution in [0.5, 0.6) is 5.75 Å². The predicted molar refractivity (Wildman–Crippen MR) is 116 cm³/mol. The largest absolute Gasteiger partial charge is 0.507 e. The van der Waals surface area contributed by atoms with Crippen molar-refractivity contribution in [3.8, 4) is 5.75 Å². The maximum Gasteiger partial charge on any atom is 0.295 e. The van der Waals surface area contributed by atoms with Crippen molar-refractivity contribution in [2.45, 2.75) is 19.9 Å². The molecule has 1 heterocycles. The molecule has 6 heteroatoms. The minimum Gasteiger partial charge on any atom is -0.507 e. The van der Waals surface area contributed by atoms with Crippen LogP contribution < -0.4 is 4.74 Å². The molecule has 0 aliphatic carbocycles. The van der Waals surface area contributed by atoms with Crippen molar-refractivity contribution in [3.05, 3.63) is 70.3 Å². The monoisotopic (exact) mass is 408 g/mol. The molecule has 1 atom stereocenters. The third-order valence-electron chi connectivity index (χ3n) is 5.41. The van der Waals surface area contributed by atoms with Crippen LogP contribution in [0.1, 0.15) is 28.3 Å². The van der Waals surface area contributed by atoms with E-state index in [0.717, 1.165) is 16.7 Å². The molecule has 0 spiro atoms. The zero-order valence-electron chi connectivity index (χ0n) is 18.1. The molecule has 1 aliphatic rings. The number of ether oxygens (including phenoxy) is 1. The summed E-state index contributed by atoms with van der Waals surface area (Å²) in [6.45, 7) is 4.81. The number of carbonyl (C=O) groups excluding carboxylic acids is 2. The Kier molecular flexibility index (Phi) is 6.27. The lowest BCUT2D eigenvalue weighted by atomic mass is 9.93. The van der Waals surface area contributed by atoms with Gasteiger partial charge in [0.1, 0.15) is 11.5 Å². The highest BCUT2D eigenvalue weighted by Crippen LogP contribution is 2.40. The highest BCUT2D eigenvalue weighted by Gasteiger charge is 2.45. The molecule has 3 rings (SSSR count). The molecule has 2 aromatic carbocycles. The standard InChI is InChI=1S/C24H28N2O4/c1-15-6-8-17(9-7-15)21-20(23(28)24(29)26(21)13-12-25(3)4)22(27)19-11-10-18(30-5)14-16(19)2/h6-11,14,21,27H,12-13H2,1-5H3/b22-20+/t21-/m1/s1. The third-order valence-corrected chi connectivity index (χ3v) is 5.41. The van der Waals surface area contributed by atoms with E-state index in [-0.39, 0.29) is 11.3 Å². The van der Waals surface area contributed by atoms with Gasteiger partial charge in [-0.05, 0) is 57.3 Å². The van der Waals surface area contributed by atoms with Crippen LogP contribution in [0.2, 0.25) is 0 Å². The molecule has 0 aromatic heterocycles. The number of aliphatic hydroxyl groups excluding tert-OH is 1. The summed E-state index contributed by atoms with van der Waals surface area (Å²) >= 11 is 0. The summed E-state index contributed by atoms with van der Waals surface area (Å²) < 4.78 is 5.23. The van der Waals surface area contributed by atoms with Gasteiger partial charge in [0.05, 0.1) is 18.7 Å². The Hall–Kier alpha value is -3.12. The molecular formula is C24H28N2O4. The summed E-state index contributed by atoms with van der Waals surface area (Å²) in [7, 11) is 5.40. The number of hydrogen-bond donors (Lipinski definition) is 1. The second-order valence-electron chi connectivity index (χ2n) is 7.89. The first-order chi connectivity index (χ1) is 14.2. The Labute approximate surface area is 177 Å². The highest BCUT2D eigenvalue weighted by atomic mass is 16.5. The SMILES string of the molecule is COc1ccc(/C(O)=C2\C(=O)C(=O)N(CCN(C)C)[C@@H]2c2ccc(C)cc2)c(C)c1. The van der Waals surface area contributed by atoms with Gasteiger partial charge in [-0.1, -0.05) is 29.8 Å². The molecule has 2 aromatic rings. The fourth-order valence-corrected chi connectivity index (χ4v) is 3.69. The third kappa shape index (κ3) is 4.09. The zero-order chi connectivity index (χ0) is 22.0. The molecule has 158 valence electrons. The van der Waals surface area contributed by atoms with Gasteiger partial charge in [0.25, 0.3) is 11.7 Å². The van der Waals surface area contributed by atoms with Crippen molar-refractivity contribution >= 4 is 17.4 Å². The molecule has 0 radical (unpaired) electrons. The number of carbonyl (C=O) groups is 2. The fraction of sp³-hybridized carbons (Fsp3) is 0.333. The summed E-state index contributed by atoms with van der Waals surface area (Å²) in [4.78, 5) is 29.4. The topological polar surface area (TPSA) is 70.1 Å². The maximum atomic E-state index is 13.0. The van der Waals surface area contributed by atoms with Crippen molar-refractivity contribution in [1.82, 2.24) is 9.80 Å². The van der Waals surface area contributed by atoms with Gasteiger partial charge in [-0.15, -0.1) is 0 Å². The van der Waals surface area contributed by atoms with E-state index in [9.17, 15) is 14.7 Å². The van der Waals surface area contributed by atoms with Crippen LogP contribution in [-0.2, 0) is 9.59 Å². The molecule has 1 saturated heterocycles. The minimum atomic E-state index is -0.660. The Bertz CT molecular complexity index is 993. The van der Waals surface area contributed by atoms with Crippen LogP contribution in [0.3, 0.4) is 0 Å². The first kappa shape index (κ1) is 21.6. The number of nitrogens with zero attached hydrogens (tertiary/aromatic N) is 2. The van der Waals surface area contributed by atoms with E-state index in [1.54, 1.807) is 30.2 Å². The lowest BCUT2D eigenvalue weighted by Gasteiger charge is -2.26. The van der Waals surface area contributed by atoms with Gasteiger partial charge in [0, 0.05) is 18.7 Å². The van der Waals surface area contributed by atoms with Gasteiger partial charge in [-0.2, -0.15) is 0 Å². The Balaban J connectivity index is 2.16. The van der Waals surface area contributed by atoms with Crippen LogP contribution in [0.15, 0.2) is 48.0 Å². The molecule has 6 nitrogen and oxygen atoms in total. The molecule has 0 unspecified atom stereocenters. The maximum absolute atomic E-state index is 13.0. The molecule has 0 bridgehead atoms. The molecule has 1 fully saturated rings. The highest BCUT2D eigenvalue weighted by molar-refractivity contribution is 6.46. The summed E-state index contributed by atoms with van der Waals surface area (Å²) in [6, 6.07) is 12.3. The number of benzene rings is 2. The predicted octanol–water partition coefficient (Wildman–Crippen LogP) is 3.30. The van der Waals surface area contributed by atoms with Crippen LogP contribution >= 0.6 is 0 Å². The Morgan fingerprint density at radius 3 is 2.33 bits per heavy atom. The molecule has 1 amide bonds. The van der Waals surface area contributed by atoms with Gasteiger partial charge in [0.2, 0.25) is 0 Å². The first-order valence-corrected chi connectivity index (χ1v) is 9.89. The number of hydrogen-bond acceptors (Lipinski definition) is 5. The van der Waals surface area contributed by atoms with Crippen molar-refractivity contribution in [2.24, 2.45) is 0 Å². The molecule has 1 N–H and O–H groups in total. The number of methoxy groups -OCH3 is 1. The number of aryl methyl sites for hydroxylation is 2. The van der Waals surface area contributed by atoms with Crippen LogP contribution in [-0.4, -0.2) is 60.9 Å². The fourth-order valence-electron chi connectivity index (χ4n) is 3.69. The van der Waals surface area contributed by atoms with Crippen molar-refractivity contribution in [2.75, 3.05) is 34.3 Å². The zero-order valence-corrected chi connectivity index (χ0v) is 18.1. The van der Waals surface area contributed by atoms with Crippen molar-refractivity contribution in [3.63, 3.8) is 0 Å². The van der Waals surface area contributed by atoms with E-state index in [0.29, 0.717) is 24.4 Å². The Morgan fingerprint density at radius 1 is 1.10 bits per heavy atom. The van der Waals surface area contributed by atoms with Crippen molar-refractivity contribution < 1.29 is 19.4 Å². The summed E-state index contributed by atoms with van der Waals surface area (Å²) in [6.07, 6.45) is 0. The van der Waals surface area contributed by atoms with Gasteiger partial charge in [-0.25, -0.2) is 0 Å². The molecule has 1 aliphatic heterocycles. The lowest BCUT2D eigenvalue weighted by Crippen LogP contribution is -2.35. The average molecular weight is 408 g/mol. The summed E-state index contributed by atoms with van der Waals surface area (Å²) in [5.74, 6) is -0.751. The number of likely N-dealkylation sites (tertiary alicyclic amines) is 1. The number of rotatable bonds is 6. The van der Waals surface area contributed by atoms with E-state index in [1.807, 2.05) is 57.1 Å². The molecule has 0 saturated carbocycles. The van der Waals surface area contributed by atoms with Crippen LogP contribution in [0, 0.1) is 13.8 Å². The lowest BCUT2D eigenvalue weighted by molar-refractivity contribution is -0.140. The number of likely N-dealkylation sites (N-methyl/N-ethyl adjacent to an activating group) is 1. The molecular weight excluding hydrogens is 380 g/mol. The normalized spacial score (nSPS) is 18.3. The quantitative estimate of drug-likeness (QED) is 0.451. The van der Waals surface area contributed by atoms with E-state index >= 15 is 0 Å². The van der Waals surface area contributed by atoms with E-state index in [2.05, 4.69) is 0 Å². The van der Waals surface area contributed by atoms with Crippen molar-refractivity contribution in [1.29, 1.82) is 0 Å². The number of Topliss-reactive ketones (excluding diaryl/α,β-unsaturated/α-hetero) is 1. The summed E-state index contributed by atoms with van der Waals surface area (Å²) in [5.41, 5.74) is 3.27. The number of ketones is 1. The second kappa shape index (κ2) is 8.71. The average Bonchev–Trinajstić information content (AvgIpc) is 2.96. The first-order valence-electron chi connectivity index (χ1n) is 9.89. The molecule has 30 heavy (non-hydrogen) atoms. The van der Waals surface area contributed by atoms with E-state index in [4.69, 9.17) is 4.74 Å². The van der Waals surface area contributed by atoms with Gasteiger partial charge >= 0.3 is 0 Å². The van der Waals surface area contributed by atoms with E-state index < -0.39 is 17.7 Å². The van der Waals surface area contributed by atoms with E-state index in [1.165, 1.54) is 0 Å².